The number of fused-ring (bicyclic) bond motifs is 1. The summed E-state index contributed by atoms with van der Waals surface area (Å²) in [6, 6.07) is 5.89. The molecule has 11 nitrogen and oxygen atoms in total. The van der Waals surface area contributed by atoms with Crippen molar-refractivity contribution in [2.45, 2.75) is 19.8 Å². The highest BCUT2D eigenvalue weighted by Crippen LogP contribution is 2.35. The minimum absolute atomic E-state index is 0.0915. The van der Waals surface area contributed by atoms with E-state index in [4.69, 9.17) is 14.5 Å². The van der Waals surface area contributed by atoms with Crippen LogP contribution < -0.4 is 19.7 Å². The Morgan fingerprint density at radius 3 is 2.65 bits per heavy atom. The molecule has 37 heavy (non-hydrogen) atoms. The molecule has 198 valence electrons. The molecule has 3 aromatic rings. The molecule has 0 unspecified atom stereocenters. The van der Waals surface area contributed by atoms with Crippen molar-refractivity contribution in [2.24, 2.45) is 5.92 Å². The molecular formula is C25H32N6O5S. The zero-order valence-electron chi connectivity index (χ0n) is 21.3. The first-order chi connectivity index (χ1) is 17.7. The van der Waals surface area contributed by atoms with Gasteiger partial charge in [0.05, 0.1) is 43.7 Å². The number of carbonyl (C=O) groups is 1. The standard InChI is InChI=1S/C25H32N6O5S/c1-17-14-27-31-16-20(28-25(24(17)31)36-11-6-18-12-23(32)26-15-18)19-4-5-21(22(13-19)35-2)29-7-9-30(10-8-29)37(3,33)34/h4-5,13-14,16,18H,6-12,15H2,1-3H3,(H,26,32)/t18-/m1/s1. The summed E-state index contributed by atoms with van der Waals surface area (Å²) < 4.78 is 38.8. The van der Waals surface area contributed by atoms with E-state index in [1.165, 1.54) is 10.6 Å². The van der Waals surface area contributed by atoms with E-state index in [1.54, 1.807) is 17.8 Å². The van der Waals surface area contributed by atoms with E-state index in [0.29, 0.717) is 63.1 Å². The molecule has 4 heterocycles. The molecule has 1 N–H and O–H groups in total. The van der Waals surface area contributed by atoms with Crippen LogP contribution in [0.4, 0.5) is 5.69 Å². The van der Waals surface area contributed by atoms with E-state index < -0.39 is 10.0 Å². The number of benzene rings is 1. The van der Waals surface area contributed by atoms with Crippen LogP contribution in [-0.2, 0) is 14.8 Å². The van der Waals surface area contributed by atoms with E-state index in [0.717, 1.165) is 28.8 Å². The first-order valence-corrected chi connectivity index (χ1v) is 14.2. The molecule has 2 aliphatic rings. The Balaban J connectivity index is 1.38. The molecule has 1 aromatic carbocycles. The maximum atomic E-state index is 11.9. The number of nitrogens with one attached hydrogen (secondary N) is 1. The molecule has 0 bridgehead atoms. The third-order valence-electron chi connectivity index (χ3n) is 7.00. The van der Waals surface area contributed by atoms with Gasteiger partial charge in [0, 0.05) is 50.3 Å². The van der Waals surface area contributed by atoms with E-state index in [9.17, 15) is 13.2 Å². The maximum Gasteiger partial charge on any atom is 0.240 e. The number of aromatic nitrogens is 3. The highest BCUT2D eigenvalue weighted by atomic mass is 32.2. The van der Waals surface area contributed by atoms with Crippen LogP contribution in [0.1, 0.15) is 18.4 Å². The number of ether oxygens (including phenoxy) is 2. The number of nitrogens with zero attached hydrogens (tertiary/aromatic N) is 5. The predicted octanol–water partition coefficient (Wildman–Crippen LogP) is 1.70. The van der Waals surface area contributed by atoms with Gasteiger partial charge in [-0.1, -0.05) is 6.07 Å². The summed E-state index contributed by atoms with van der Waals surface area (Å²) >= 11 is 0. The second-order valence-corrected chi connectivity index (χ2v) is 11.6. The van der Waals surface area contributed by atoms with E-state index >= 15 is 0 Å². The van der Waals surface area contributed by atoms with Crippen LogP contribution >= 0.6 is 0 Å². The smallest absolute Gasteiger partial charge is 0.240 e. The number of sulfonamides is 1. The lowest BCUT2D eigenvalue weighted by Crippen LogP contribution is -2.48. The second kappa shape index (κ2) is 10.2. The largest absolute Gasteiger partial charge is 0.495 e. The Labute approximate surface area is 216 Å². The van der Waals surface area contributed by atoms with Gasteiger partial charge in [0.25, 0.3) is 0 Å². The van der Waals surface area contributed by atoms with E-state index in [2.05, 4.69) is 15.3 Å². The molecule has 5 rings (SSSR count). The normalized spacial score (nSPS) is 18.8. The van der Waals surface area contributed by atoms with Gasteiger partial charge in [-0.25, -0.2) is 17.9 Å². The molecule has 0 aliphatic carbocycles. The van der Waals surface area contributed by atoms with Crippen molar-refractivity contribution in [1.82, 2.24) is 24.2 Å². The average molecular weight is 529 g/mol. The van der Waals surface area contributed by atoms with Gasteiger partial charge in [-0.15, -0.1) is 0 Å². The van der Waals surface area contributed by atoms with Gasteiger partial charge in [-0.05, 0) is 31.4 Å². The zero-order chi connectivity index (χ0) is 26.2. The van der Waals surface area contributed by atoms with Crippen molar-refractivity contribution >= 4 is 27.1 Å². The Bertz CT molecular complexity index is 1410. The molecule has 2 aromatic heterocycles. The quantitative estimate of drug-likeness (QED) is 0.469. The zero-order valence-corrected chi connectivity index (χ0v) is 22.1. The Kier molecular flexibility index (Phi) is 6.95. The summed E-state index contributed by atoms with van der Waals surface area (Å²) in [7, 11) is -1.57. The van der Waals surface area contributed by atoms with Crippen molar-refractivity contribution in [2.75, 3.05) is 57.6 Å². The molecule has 0 saturated carbocycles. The van der Waals surface area contributed by atoms with Gasteiger partial charge in [-0.2, -0.15) is 9.40 Å². The van der Waals surface area contributed by atoms with Crippen LogP contribution in [0.25, 0.3) is 16.8 Å². The highest BCUT2D eigenvalue weighted by Gasteiger charge is 2.26. The van der Waals surface area contributed by atoms with Crippen molar-refractivity contribution in [3.8, 4) is 22.9 Å². The minimum atomic E-state index is -3.20. The number of anilines is 1. The lowest BCUT2D eigenvalue weighted by molar-refractivity contribution is -0.119. The molecule has 2 aliphatic heterocycles. The van der Waals surface area contributed by atoms with E-state index in [1.807, 2.05) is 31.3 Å². The molecule has 2 fully saturated rings. The Morgan fingerprint density at radius 1 is 1.19 bits per heavy atom. The number of piperazine rings is 1. The van der Waals surface area contributed by atoms with Crippen molar-refractivity contribution < 1.29 is 22.7 Å². The van der Waals surface area contributed by atoms with Crippen LogP contribution in [0.2, 0.25) is 0 Å². The maximum absolute atomic E-state index is 11.9. The van der Waals surface area contributed by atoms with Crippen LogP contribution in [0.15, 0.2) is 30.6 Å². The summed E-state index contributed by atoms with van der Waals surface area (Å²) in [5.74, 6) is 1.55. The number of hydrogen-bond donors (Lipinski definition) is 1. The van der Waals surface area contributed by atoms with Gasteiger partial charge < -0.3 is 19.7 Å². The molecule has 2 saturated heterocycles. The minimum Gasteiger partial charge on any atom is -0.495 e. The van der Waals surface area contributed by atoms with Gasteiger partial charge in [-0.3, -0.25) is 4.79 Å². The number of hydrogen-bond acceptors (Lipinski definition) is 8. The lowest BCUT2D eigenvalue weighted by Gasteiger charge is -2.35. The average Bonchev–Trinajstić information content (AvgIpc) is 3.48. The fourth-order valence-corrected chi connectivity index (χ4v) is 5.74. The molecule has 12 heteroatoms. The van der Waals surface area contributed by atoms with Crippen molar-refractivity contribution in [1.29, 1.82) is 0 Å². The highest BCUT2D eigenvalue weighted by molar-refractivity contribution is 7.88. The SMILES string of the molecule is COc1cc(-c2cn3ncc(C)c3c(OCC[C@H]3CNC(=O)C3)n2)ccc1N1CCN(S(C)(=O)=O)CC1. The summed E-state index contributed by atoms with van der Waals surface area (Å²) in [4.78, 5) is 18.5. The van der Waals surface area contributed by atoms with Crippen LogP contribution in [0.5, 0.6) is 11.6 Å². The second-order valence-electron chi connectivity index (χ2n) is 9.60. The first-order valence-electron chi connectivity index (χ1n) is 12.4. The summed E-state index contributed by atoms with van der Waals surface area (Å²) in [5.41, 5.74) is 4.23. The van der Waals surface area contributed by atoms with Crippen molar-refractivity contribution in [3.63, 3.8) is 0 Å². The number of rotatable bonds is 8. The lowest BCUT2D eigenvalue weighted by atomic mass is 10.1. The number of carbonyl (C=O) groups excluding carboxylic acids is 1. The Hall–Kier alpha value is -3.38. The summed E-state index contributed by atoms with van der Waals surface area (Å²) in [5, 5.41) is 7.33. The van der Waals surface area contributed by atoms with Crippen LogP contribution in [0, 0.1) is 12.8 Å². The number of amides is 1. The number of methoxy groups -OCH3 is 1. The van der Waals surface area contributed by atoms with Gasteiger partial charge >= 0.3 is 0 Å². The van der Waals surface area contributed by atoms with Crippen molar-refractivity contribution in [3.05, 3.63) is 36.2 Å². The summed E-state index contributed by atoms with van der Waals surface area (Å²) in [6.07, 6.45) is 6.20. The van der Waals surface area contributed by atoms with Crippen LogP contribution in [0.3, 0.4) is 0 Å². The molecular weight excluding hydrogens is 496 g/mol. The molecule has 1 amide bonds. The fourth-order valence-electron chi connectivity index (χ4n) is 4.91. The molecule has 0 spiro atoms. The third-order valence-corrected chi connectivity index (χ3v) is 8.30. The predicted molar refractivity (Wildman–Crippen MR) is 140 cm³/mol. The van der Waals surface area contributed by atoms with Crippen LogP contribution in [-0.4, -0.2) is 85.9 Å². The molecule has 0 radical (unpaired) electrons. The number of aryl methyl sites for hydroxylation is 1. The Morgan fingerprint density at radius 2 is 1.97 bits per heavy atom. The van der Waals surface area contributed by atoms with E-state index in [-0.39, 0.29) is 11.8 Å². The summed E-state index contributed by atoms with van der Waals surface area (Å²) in [6.45, 7) is 5.15. The van der Waals surface area contributed by atoms with Gasteiger partial charge in [0.15, 0.2) is 0 Å². The topological polar surface area (TPSA) is 118 Å². The fraction of sp³-hybridized carbons (Fsp3) is 0.480. The van der Waals surface area contributed by atoms with Gasteiger partial charge in [0.1, 0.15) is 11.3 Å². The third kappa shape index (κ3) is 5.35. The van der Waals surface area contributed by atoms with Gasteiger partial charge in [0.2, 0.25) is 21.8 Å². The first kappa shape index (κ1) is 25.3. The monoisotopic (exact) mass is 528 g/mol. The molecule has 1 atom stereocenters.